The normalized spacial score (nSPS) is 9.94. The van der Waals surface area contributed by atoms with E-state index in [1.807, 2.05) is 38.1 Å². The first-order chi connectivity index (χ1) is 8.54. The zero-order valence-corrected chi connectivity index (χ0v) is 11.2. The van der Waals surface area contributed by atoms with E-state index in [4.69, 9.17) is 10.5 Å². The predicted molar refractivity (Wildman–Crippen MR) is 74.0 cm³/mol. The largest absolute Gasteiger partial charge is 0.482 e. The third-order valence-corrected chi connectivity index (χ3v) is 2.44. The predicted octanol–water partition coefficient (Wildman–Crippen LogP) is 1.24. The Morgan fingerprint density at radius 1 is 1.44 bits per heavy atom. The zero-order valence-electron chi connectivity index (χ0n) is 11.2. The molecular weight excluding hydrogens is 230 g/mol. The van der Waals surface area contributed by atoms with Crippen molar-refractivity contribution in [3.8, 4) is 5.75 Å². The number of carbonyl (C=O) groups excluding carboxylic acids is 1. The highest BCUT2D eigenvalue weighted by molar-refractivity contribution is 5.77. The summed E-state index contributed by atoms with van der Waals surface area (Å²) in [5.41, 5.74) is 7.31. The summed E-state index contributed by atoms with van der Waals surface area (Å²) in [5, 5.41) is 2.74. The van der Waals surface area contributed by atoms with Crippen molar-refractivity contribution < 1.29 is 9.53 Å². The average molecular weight is 251 g/mol. The average Bonchev–Trinajstić information content (AvgIpc) is 2.35. The number of hydrogen-bond acceptors (Lipinski definition) is 4. The standard InChI is InChI=1S/C13H21N3O2/c1-4-7-15-13(17)9-18-12-8-10(16(2)3)5-6-11(12)14/h5-6,8H,4,7,9,14H2,1-3H3,(H,15,17). The van der Waals surface area contributed by atoms with Crippen molar-refractivity contribution in [3.63, 3.8) is 0 Å². The topological polar surface area (TPSA) is 67.6 Å². The number of hydrogen-bond donors (Lipinski definition) is 2. The van der Waals surface area contributed by atoms with E-state index in [9.17, 15) is 4.79 Å². The summed E-state index contributed by atoms with van der Waals surface area (Å²) >= 11 is 0. The van der Waals surface area contributed by atoms with Crippen LogP contribution >= 0.6 is 0 Å². The van der Waals surface area contributed by atoms with Crippen LogP contribution in [0.25, 0.3) is 0 Å². The molecule has 0 saturated carbocycles. The first kappa shape index (κ1) is 14.2. The van der Waals surface area contributed by atoms with Gasteiger partial charge in [-0.1, -0.05) is 6.92 Å². The van der Waals surface area contributed by atoms with Crippen molar-refractivity contribution in [2.75, 3.05) is 37.9 Å². The molecule has 1 aromatic rings. The molecule has 5 heteroatoms. The Morgan fingerprint density at radius 3 is 2.78 bits per heavy atom. The third kappa shape index (κ3) is 4.16. The van der Waals surface area contributed by atoms with E-state index in [0.717, 1.165) is 12.1 Å². The number of nitrogens with zero attached hydrogens (tertiary/aromatic N) is 1. The molecule has 100 valence electrons. The second-order valence-corrected chi connectivity index (χ2v) is 4.26. The number of anilines is 2. The quantitative estimate of drug-likeness (QED) is 0.746. The van der Waals surface area contributed by atoms with Gasteiger partial charge in [-0.2, -0.15) is 0 Å². The summed E-state index contributed by atoms with van der Waals surface area (Å²) in [7, 11) is 3.87. The number of amides is 1. The lowest BCUT2D eigenvalue weighted by Crippen LogP contribution is -2.29. The highest BCUT2D eigenvalue weighted by Crippen LogP contribution is 2.26. The molecule has 0 atom stereocenters. The molecular formula is C13H21N3O2. The van der Waals surface area contributed by atoms with Crippen LogP contribution in [0, 0.1) is 0 Å². The van der Waals surface area contributed by atoms with Crippen molar-refractivity contribution in [3.05, 3.63) is 18.2 Å². The van der Waals surface area contributed by atoms with Gasteiger partial charge in [0, 0.05) is 32.4 Å². The maximum atomic E-state index is 11.4. The van der Waals surface area contributed by atoms with Gasteiger partial charge < -0.3 is 20.7 Å². The lowest BCUT2D eigenvalue weighted by molar-refractivity contribution is -0.123. The molecule has 1 aromatic carbocycles. The Balaban J connectivity index is 2.61. The van der Waals surface area contributed by atoms with E-state index in [0.29, 0.717) is 18.0 Å². The minimum Gasteiger partial charge on any atom is -0.482 e. The van der Waals surface area contributed by atoms with Crippen LogP contribution in [-0.4, -0.2) is 33.2 Å². The molecule has 0 fully saturated rings. The van der Waals surface area contributed by atoms with Gasteiger partial charge in [-0.05, 0) is 18.6 Å². The highest BCUT2D eigenvalue weighted by atomic mass is 16.5. The van der Waals surface area contributed by atoms with Gasteiger partial charge in [0.05, 0.1) is 5.69 Å². The van der Waals surface area contributed by atoms with Gasteiger partial charge in [0.2, 0.25) is 0 Å². The van der Waals surface area contributed by atoms with Gasteiger partial charge in [0.1, 0.15) is 5.75 Å². The summed E-state index contributed by atoms with van der Waals surface area (Å²) in [6.45, 7) is 2.65. The summed E-state index contributed by atoms with van der Waals surface area (Å²) in [6.07, 6.45) is 0.907. The van der Waals surface area contributed by atoms with Gasteiger partial charge >= 0.3 is 0 Å². The number of ether oxygens (including phenoxy) is 1. The van der Waals surface area contributed by atoms with Gasteiger partial charge in [-0.3, -0.25) is 4.79 Å². The molecule has 0 spiro atoms. The Hall–Kier alpha value is -1.91. The molecule has 0 bridgehead atoms. The lowest BCUT2D eigenvalue weighted by atomic mass is 10.2. The molecule has 0 aliphatic carbocycles. The van der Waals surface area contributed by atoms with Crippen molar-refractivity contribution in [1.82, 2.24) is 5.32 Å². The molecule has 3 N–H and O–H groups in total. The Morgan fingerprint density at radius 2 is 2.17 bits per heavy atom. The number of nitrogens with one attached hydrogen (secondary N) is 1. The fourth-order valence-electron chi connectivity index (χ4n) is 1.38. The molecule has 5 nitrogen and oxygen atoms in total. The fourth-order valence-corrected chi connectivity index (χ4v) is 1.38. The first-order valence-corrected chi connectivity index (χ1v) is 6.01. The second kappa shape index (κ2) is 6.74. The van der Waals surface area contributed by atoms with E-state index in [-0.39, 0.29) is 12.5 Å². The highest BCUT2D eigenvalue weighted by Gasteiger charge is 2.06. The van der Waals surface area contributed by atoms with E-state index in [1.165, 1.54) is 0 Å². The van der Waals surface area contributed by atoms with Crippen molar-refractivity contribution in [1.29, 1.82) is 0 Å². The van der Waals surface area contributed by atoms with Crippen molar-refractivity contribution in [2.45, 2.75) is 13.3 Å². The summed E-state index contributed by atoms with van der Waals surface area (Å²) in [6, 6.07) is 5.50. The fraction of sp³-hybridized carbons (Fsp3) is 0.462. The van der Waals surface area contributed by atoms with Crippen LogP contribution < -0.4 is 20.7 Å². The van der Waals surface area contributed by atoms with E-state index < -0.39 is 0 Å². The Bertz CT molecular complexity index is 405. The molecule has 0 saturated heterocycles. The van der Waals surface area contributed by atoms with Crippen LogP contribution in [-0.2, 0) is 4.79 Å². The molecule has 0 aliphatic heterocycles. The SMILES string of the molecule is CCCNC(=O)COc1cc(N(C)C)ccc1N. The number of nitrogens with two attached hydrogens (primary N) is 1. The number of nitrogen functional groups attached to an aromatic ring is 1. The summed E-state index contributed by atoms with van der Waals surface area (Å²) in [5.74, 6) is 0.402. The maximum Gasteiger partial charge on any atom is 0.257 e. The van der Waals surface area contributed by atoms with Crippen molar-refractivity contribution >= 4 is 17.3 Å². The van der Waals surface area contributed by atoms with Crippen LogP contribution in [0.15, 0.2) is 18.2 Å². The molecule has 1 rings (SSSR count). The second-order valence-electron chi connectivity index (χ2n) is 4.26. The van der Waals surface area contributed by atoms with Crippen LogP contribution in [0.3, 0.4) is 0 Å². The first-order valence-electron chi connectivity index (χ1n) is 6.01. The molecule has 0 heterocycles. The van der Waals surface area contributed by atoms with Crippen LogP contribution in [0.1, 0.15) is 13.3 Å². The maximum absolute atomic E-state index is 11.4. The summed E-state index contributed by atoms with van der Waals surface area (Å²) < 4.78 is 5.42. The van der Waals surface area contributed by atoms with Gasteiger partial charge in [-0.15, -0.1) is 0 Å². The number of benzene rings is 1. The summed E-state index contributed by atoms with van der Waals surface area (Å²) in [4.78, 5) is 13.4. The Kier molecular flexibility index (Phi) is 5.30. The molecule has 0 aliphatic rings. The van der Waals surface area contributed by atoms with Gasteiger partial charge in [-0.25, -0.2) is 0 Å². The third-order valence-electron chi connectivity index (χ3n) is 2.44. The number of rotatable bonds is 6. The van der Waals surface area contributed by atoms with Gasteiger partial charge in [0.25, 0.3) is 5.91 Å². The van der Waals surface area contributed by atoms with E-state index in [2.05, 4.69) is 5.32 Å². The van der Waals surface area contributed by atoms with E-state index in [1.54, 1.807) is 6.07 Å². The van der Waals surface area contributed by atoms with Crippen LogP contribution in [0.5, 0.6) is 5.75 Å². The van der Waals surface area contributed by atoms with E-state index >= 15 is 0 Å². The molecule has 1 amide bonds. The van der Waals surface area contributed by atoms with Gasteiger partial charge in [0.15, 0.2) is 6.61 Å². The molecule has 0 radical (unpaired) electrons. The van der Waals surface area contributed by atoms with Crippen molar-refractivity contribution in [2.24, 2.45) is 0 Å². The zero-order chi connectivity index (χ0) is 13.5. The molecule has 0 aromatic heterocycles. The smallest absolute Gasteiger partial charge is 0.257 e. The number of carbonyl (C=O) groups is 1. The minimum absolute atomic E-state index is 0.0128. The monoisotopic (exact) mass is 251 g/mol. The molecule has 0 unspecified atom stereocenters. The lowest BCUT2D eigenvalue weighted by Gasteiger charge is -2.15. The van der Waals surface area contributed by atoms with Crippen LogP contribution in [0.2, 0.25) is 0 Å². The molecule has 18 heavy (non-hydrogen) atoms. The minimum atomic E-state index is -0.133. The Labute approximate surface area is 108 Å². The van der Waals surface area contributed by atoms with Crippen LogP contribution in [0.4, 0.5) is 11.4 Å².